The van der Waals surface area contributed by atoms with Gasteiger partial charge in [-0.2, -0.15) is 5.10 Å². The molecule has 114 valence electrons. The summed E-state index contributed by atoms with van der Waals surface area (Å²) in [6, 6.07) is 12.9. The molecule has 0 radical (unpaired) electrons. The predicted octanol–water partition coefficient (Wildman–Crippen LogP) is 3.94. The summed E-state index contributed by atoms with van der Waals surface area (Å²) in [4.78, 5) is 11.7. The first-order valence-corrected chi connectivity index (χ1v) is 7.69. The largest absolute Gasteiger partial charge is 0.483 e. The van der Waals surface area contributed by atoms with Crippen molar-refractivity contribution in [1.29, 1.82) is 0 Å². The fourth-order valence-corrected chi connectivity index (χ4v) is 2.44. The molecule has 0 fully saturated rings. The van der Waals surface area contributed by atoms with Crippen molar-refractivity contribution in [1.82, 2.24) is 5.43 Å². The molecular weight excluding hydrogens is 368 g/mol. The van der Waals surface area contributed by atoms with Gasteiger partial charge >= 0.3 is 0 Å². The van der Waals surface area contributed by atoms with Gasteiger partial charge < -0.3 is 4.74 Å². The highest BCUT2D eigenvalue weighted by molar-refractivity contribution is 9.10. The summed E-state index contributed by atoms with van der Waals surface area (Å²) in [6.45, 7) is 1.85. The molecule has 2 aromatic carbocycles. The van der Waals surface area contributed by atoms with Gasteiger partial charge in [0.2, 0.25) is 0 Å². The molecule has 0 aliphatic rings. The van der Waals surface area contributed by atoms with Crippen molar-refractivity contribution in [3.05, 3.63) is 63.1 Å². The third-order valence-corrected chi connectivity index (χ3v) is 3.71. The van der Waals surface area contributed by atoms with Crippen LogP contribution in [0.4, 0.5) is 0 Å². The molecule has 0 spiro atoms. The Labute approximate surface area is 142 Å². The van der Waals surface area contributed by atoms with Gasteiger partial charge in [0, 0.05) is 10.6 Å². The molecule has 2 rings (SSSR count). The van der Waals surface area contributed by atoms with Gasteiger partial charge in [0.05, 0.1) is 10.7 Å². The van der Waals surface area contributed by atoms with Gasteiger partial charge in [0.25, 0.3) is 5.91 Å². The number of benzene rings is 2. The van der Waals surface area contributed by atoms with E-state index in [1.807, 2.05) is 31.2 Å². The van der Waals surface area contributed by atoms with Crippen LogP contribution in [0.25, 0.3) is 0 Å². The van der Waals surface area contributed by atoms with Crippen LogP contribution < -0.4 is 10.2 Å². The Bertz CT molecular complexity index is 704. The lowest BCUT2D eigenvalue weighted by Gasteiger charge is -2.07. The first-order valence-electron chi connectivity index (χ1n) is 6.51. The molecule has 4 nitrogen and oxygen atoms in total. The average Bonchev–Trinajstić information content (AvgIpc) is 2.48. The van der Waals surface area contributed by atoms with Gasteiger partial charge in [-0.05, 0) is 46.6 Å². The summed E-state index contributed by atoms with van der Waals surface area (Å²) in [5.74, 6) is 0.256. The fraction of sp³-hybridized carbons (Fsp3) is 0.125. The molecule has 0 unspecified atom stereocenters. The maximum Gasteiger partial charge on any atom is 0.277 e. The van der Waals surface area contributed by atoms with Crippen LogP contribution in [-0.4, -0.2) is 18.7 Å². The monoisotopic (exact) mass is 380 g/mol. The van der Waals surface area contributed by atoms with E-state index in [0.29, 0.717) is 10.8 Å². The van der Waals surface area contributed by atoms with Crippen LogP contribution in [0.5, 0.6) is 5.75 Å². The van der Waals surface area contributed by atoms with Gasteiger partial charge in [-0.3, -0.25) is 4.79 Å². The third-order valence-electron chi connectivity index (χ3n) is 2.74. The summed E-state index contributed by atoms with van der Waals surface area (Å²) in [5, 5.41) is 4.42. The minimum Gasteiger partial charge on any atom is -0.483 e. The molecular formula is C16H14BrClN2O2. The van der Waals surface area contributed by atoms with Crippen LogP contribution >= 0.6 is 27.5 Å². The lowest BCUT2D eigenvalue weighted by atomic mass is 10.2. The van der Waals surface area contributed by atoms with E-state index in [1.165, 1.54) is 6.21 Å². The van der Waals surface area contributed by atoms with Gasteiger partial charge in [0.15, 0.2) is 6.61 Å². The molecule has 22 heavy (non-hydrogen) atoms. The van der Waals surface area contributed by atoms with E-state index < -0.39 is 0 Å². The minimum atomic E-state index is -0.351. The van der Waals surface area contributed by atoms with Crippen LogP contribution in [0.15, 0.2) is 52.0 Å². The Balaban J connectivity index is 1.84. The number of rotatable bonds is 5. The van der Waals surface area contributed by atoms with Crippen molar-refractivity contribution in [3.63, 3.8) is 0 Å². The van der Waals surface area contributed by atoms with Crippen LogP contribution in [0.1, 0.15) is 11.1 Å². The number of carbonyl (C=O) groups excluding carboxylic acids is 1. The molecule has 0 bridgehead atoms. The topological polar surface area (TPSA) is 50.7 Å². The van der Waals surface area contributed by atoms with Crippen LogP contribution in [0.2, 0.25) is 5.02 Å². The van der Waals surface area contributed by atoms with Gasteiger partial charge in [0.1, 0.15) is 5.75 Å². The summed E-state index contributed by atoms with van der Waals surface area (Å²) < 4.78 is 6.23. The minimum absolute atomic E-state index is 0.123. The zero-order valence-electron chi connectivity index (χ0n) is 11.8. The molecule has 0 saturated carbocycles. The van der Waals surface area contributed by atoms with Crippen molar-refractivity contribution in [2.45, 2.75) is 6.92 Å². The van der Waals surface area contributed by atoms with E-state index in [1.54, 1.807) is 18.2 Å². The molecule has 6 heteroatoms. The van der Waals surface area contributed by atoms with E-state index in [0.717, 1.165) is 15.6 Å². The van der Waals surface area contributed by atoms with Crippen LogP contribution in [-0.2, 0) is 4.79 Å². The number of hydrogen-bond acceptors (Lipinski definition) is 3. The molecule has 0 aliphatic carbocycles. The number of halogens is 2. The van der Waals surface area contributed by atoms with E-state index in [2.05, 4.69) is 26.5 Å². The summed E-state index contributed by atoms with van der Waals surface area (Å²) >= 11 is 9.36. The number of nitrogens with zero attached hydrogens (tertiary/aromatic N) is 1. The molecule has 1 N–H and O–H groups in total. The van der Waals surface area contributed by atoms with E-state index in [4.69, 9.17) is 16.3 Å². The fourth-order valence-electron chi connectivity index (χ4n) is 1.65. The van der Waals surface area contributed by atoms with Crippen molar-refractivity contribution in [2.24, 2.45) is 5.10 Å². The Morgan fingerprint density at radius 1 is 1.36 bits per heavy atom. The number of amides is 1. The molecule has 0 atom stereocenters. The second kappa shape index (κ2) is 7.96. The normalized spacial score (nSPS) is 10.7. The Morgan fingerprint density at radius 2 is 2.14 bits per heavy atom. The SMILES string of the molecule is Cc1ccc(OCC(=O)NN=Cc2ccccc2Cl)c(Br)c1. The quantitative estimate of drug-likeness (QED) is 0.630. The molecule has 0 heterocycles. The summed E-state index contributed by atoms with van der Waals surface area (Å²) in [5.41, 5.74) is 4.22. The van der Waals surface area contributed by atoms with Crippen molar-refractivity contribution < 1.29 is 9.53 Å². The highest BCUT2D eigenvalue weighted by Gasteiger charge is 2.05. The molecule has 0 aliphatic heterocycles. The number of carbonyl (C=O) groups is 1. The predicted molar refractivity (Wildman–Crippen MR) is 91.6 cm³/mol. The second-order valence-electron chi connectivity index (χ2n) is 4.54. The third kappa shape index (κ3) is 4.86. The van der Waals surface area contributed by atoms with Crippen molar-refractivity contribution in [3.8, 4) is 5.75 Å². The molecule has 0 saturated heterocycles. The van der Waals surface area contributed by atoms with Crippen LogP contribution in [0.3, 0.4) is 0 Å². The highest BCUT2D eigenvalue weighted by Crippen LogP contribution is 2.25. The Morgan fingerprint density at radius 3 is 2.86 bits per heavy atom. The number of aryl methyl sites for hydroxylation is 1. The Hall–Kier alpha value is -1.85. The standard InChI is InChI=1S/C16H14BrClN2O2/c1-11-6-7-15(13(17)8-11)22-10-16(21)20-19-9-12-4-2-3-5-14(12)18/h2-9H,10H2,1H3,(H,20,21). The zero-order chi connectivity index (χ0) is 15.9. The smallest absolute Gasteiger partial charge is 0.277 e. The lowest BCUT2D eigenvalue weighted by molar-refractivity contribution is -0.123. The number of nitrogens with one attached hydrogen (secondary N) is 1. The summed E-state index contributed by atoms with van der Waals surface area (Å²) in [7, 11) is 0. The maximum atomic E-state index is 11.7. The number of ether oxygens (including phenoxy) is 1. The number of hydrogen-bond donors (Lipinski definition) is 1. The number of hydrazone groups is 1. The van der Waals surface area contributed by atoms with Gasteiger partial charge in [-0.1, -0.05) is 35.9 Å². The van der Waals surface area contributed by atoms with Gasteiger partial charge in [-0.25, -0.2) is 5.43 Å². The Kier molecular flexibility index (Phi) is 5.98. The molecule has 1 amide bonds. The van der Waals surface area contributed by atoms with Crippen molar-refractivity contribution in [2.75, 3.05) is 6.61 Å². The van der Waals surface area contributed by atoms with E-state index in [-0.39, 0.29) is 12.5 Å². The van der Waals surface area contributed by atoms with E-state index >= 15 is 0 Å². The lowest BCUT2D eigenvalue weighted by Crippen LogP contribution is -2.24. The van der Waals surface area contributed by atoms with Crippen LogP contribution in [0, 0.1) is 6.92 Å². The molecule has 2 aromatic rings. The maximum absolute atomic E-state index is 11.7. The van der Waals surface area contributed by atoms with Gasteiger partial charge in [-0.15, -0.1) is 0 Å². The van der Waals surface area contributed by atoms with Crippen molar-refractivity contribution >= 4 is 39.7 Å². The first kappa shape index (κ1) is 16.5. The highest BCUT2D eigenvalue weighted by atomic mass is 79.9. The second-order valence-corrected chi connectivity index (χ2v) is 5.80. The first-order chi connectivity index (χ1) is 10.6. The molecule has 0 aromatic heterocycles. The average molecular weight is 382 g/mol. The van der Waals surface area contributed by atoms with E-state index in [9.17, 15) is 4.79 Å². The zero-order valence-corrected chi connectivity index (χ0v) is 14.2. The summed E-state index contributed by atoms with van der Waals surface area (Å²) in [6.07, 6.45) is 1.49.